The Hall–Kier alpha value is -1.20. The molecular formula is C13H14BrFO3. The Morgan fingerprint density at radius 3 is 2.94 bits per heavy atom. The second-order valence-corrected chi connectivity index (χ2v) is 4.52. The first-order chi connectivity index (χ1) is 8.54. The summed E-state index contributed by atoms with van der Waals surface area (Å²) in [5, 5.41) is 0. The standard InChI is InChI=1S/C13H14BrFO3/c1-3-6-17-9(2)13(16)18-8-10-4-5-11(14)7-12(10)15/h3-5,7,9H,1,6,8H2,2H3. The topological polar surface area (TPSA) is 35.5 Å². The van der Waals surface area contributed by atoms with Crippen molar-refractivity contribution >= 4 is 21.9 Å². The van der Waals surface area contributed by atoms with Gasteiger partial charge in [0.25, 0.3) is 0 Å². The number of carbonyl (C=O) groups excluding carboxylic acids is 1. The fourth-order valence-corrected chi connectivity index (χ4v) is 1.52. The fourth-order valence-electron chi connectivity index (χ4n) is 1.19. The molecule has 0 amide bonds. The maximum Gasteiger partial charge on any atom is 0.335 e. The molecule has 0 saturated heterocycles. The highest BCUT2D eigenvalue weighted by Gasteiger charge is 2.15. The molecular weight excluding hydrogens is 303 g/mol. The van der Waals surface area contributed by atoms with Gasteiger partial charge in [-0.3, -0.25) is 0 Å². The van der Waals surface area contributed by atoms with Crippen LogP contribution in [0, 0.1) is 5.82 Å². The lowest BCUT2D eigenvalue weighted by Crippen LogP contribution is -2.23. The Bertz CT molecular complexity index is 434. The van der Waals surface area contributed by atoms with Crippen LogP contribution in [0.2, 0.25) is 0 Å². The highest BCUT2D eigenvalue weighted by atomic mass is 79.9. The van der Waals surface area contributed by atoms with Crippen LogP contribution in [-0.2, 0) is 20.9 Å². The zero-order valence-corrected chi connectivity index (χ0v) is 11.6. The minimum atomic E-state index is -0.693. The van der Waals surface area contributed by atoms with Crippen LogP contribution in [0.1, 0.15) is 12.5 Å². The highest BCUT2D eigenvalue weighted by Crippen LogP contribution is 2.16. The highest BCUT2D eigenvalue weighted by molar-refractivity contribution is 9.10. The number of benzene rings is 1. The van der Waals surface area contributed by atoms with Crippen molar-refractivity contribution in [1.82, 2.24) is 0 Å². The second kappa shape index (κ2) is 7.28. The summed E-state index contributed by atoms with van der Waals surface area (Å²) in [6, 6.07) is 4.56. The van der Waals surface area contributed by atoms with Crippen molar-refractivity contribution in [3.8, 4) is 0 Å². The Labute approximate surface area is 114 Å². The molecule has 18 heavy (non-hydrogen) atoms. The fraction of sp³-hybridized carbons (Fsp3) is 0.308. The van der Waals surface area contributed by atoms with E-state index in [1.807, 2.05) is 0 Å². The third-order valence-corrected chi connectivity index (χ3v) is 2.67. The van der Waals surface area contributed by atoms with E-state index in [0.717, 1.165) is 0 Å². The van der Waals surface area contributed by atoms with Gasteiger partial charge in [0.05, 0.1) is 6.61 Å². The van der Waals surface area contributed by atoms with Gasteiger partial charge in [0.2, 0.25) is 0 Å². The molecule has 1 rings (SSSR count). The maximum atomic E-state index is 13.4. The summed E-state index contributed by atoms with van der Waals surface area (Å²) >= 11 is 3.15. The molecule has 0 aliphatic heterocycles. The van der Waals surface area contributed by atoms with Crippen molar-refractivity contribution in [2.24, 2.45) is 0 Å². The zero-order chi connectivity index (χ0) is 13.5. The lowest BCUT2D eigenvalue weighted by atomic mass is 10.2. The Balaban J connectivity index is 2.49. The summed E-state index contributed by atoms with van der Waals surface area (Å²) in [7, 11) is 0. The molecule has 1 aromatic carbocycles. The second-order valence-electron chi connectivity index (χ2n) is 3.61. The Morgan fingerprint density at radius 1 is 1.61 bits per heavy atom. The van der Waals surface area contributed by atoms with Gasteiger partial charge in [0, 0.05) is 10.0 Å². The predicted octanol–water partition coefficient (Wildman–Crippen LogP) is 3.22. The third kappa shape index (κ3) is 4.58. The van der Waals surface area contributed by atoms with E-state index >= 15 is 0 Å². The average molecular weight is 317 g/mol. The molecule has 0 bridgehead atoms. The van der Waals surface area contributed by atoms with Crippen LogP contribution in [0.25, 0.3) is 0 Å². The molecule has 0 aromatic heterocycles. The van der Waals surface area contributed by atoms with Gasteiger partial charge in [0.1, 0.15) is 12.4 Å². The van der Waals surface area contributed by atoms with Gasteiger partial charge < -0.3 is 9.47 Å². The number of carbonyl (C=O) groups is 1. The van der Waals surface area contributed by atoms with Crippen LogP contribution in [0.3, 0.4) is 0 Å². The lowest BCUT2D eigenvalue weighted by Gasteiger charge is -2.11. The predicted molar refractivity (Wildman–Crippen MR) is 69.5 cm³/mol. The summed E-state index contributed by atoms with van der Waals surface area (Å²) < 4.78 is 24.1. The molecule has 0 N–H and O–H groups in total. The summed E-state index contributed by atoms with van der Waals surface area (Å²) in [5.41, 5.74) is 0.322. The maximum absolute atomic E-state index is 13.4. The van der Waals surface area contributed by atoms with E-state index in [1.54, 1.807) is 19.1 Å². The Morgan fingerprint density at radius 2 is 2.33 bits per heavy atom. The molecule has 0 aliphatic rings. The smallest absolute Gasteiger partial charge is 0.335 e. The van der Waals surface area contributed by atoms with Gasteiger partial charge in [-0.1, -0.05) is 28.1 Å². The van der Waals surface area contributed by atoms with Crippen LogP contribution in [0.5, 0.6) is 0 Å². The van der Waals surface area contributed by atoms with Gasteiger partial charge in [-0.05, 0) is 19.1 Å². The SMILES string of the molecule is C=CCOC(C)C(=O)OCc1ccc(Br)cc1F. The van der Waals surface area contributed by atoms with E-state index in [4.69, 9.17) is 9.47 Å². The van der Waals surface area contributed by atoms with Gasteiger partial charge >= 0.3 is 5.97 Å². The van der Waals surface area contributed by atoms with E-state index in [2.05, 4.69) is 22.5 Å². The van der Waals surface area contributed by atoms with Gasteiger partial charge in [-0.25, -0.2) is 9.18 Å². The van der Waals surface area contributed by atoms with Gasteiger partial charge in [0.15, 0.2) is 6.10 Å². The normalized spacial score (nSPS) is 11.9. The number of esters is 1. The van der Waals surface area contributed by atoms with Gasteiger partial charge in [-0.15, -0.1) is 6.58 Å². The van der Waals surface area contributed by atoms with E-state index in [1.165, 1.54) is 12.1 Å². The monoisotopic (exact) mass is 316 g/mol. The molecule has 0 spiro atoms. The molecule has 0 fully saturated rings. The van der Waals surface area contributed by atoms with Crippen molar-refractivity contribution in [3.05, 3.63) is 46.7 Å². The average Bonchev–Trinajstić information content (AvgIpc) is 2.34. The first kappa shape index (κ1) is 14.9. The number of halogens is 2. The quantitative estimate of drug-likeness (QED) is 0.597. The molecule has 3 nitrogen and oxygen atoms in total. The zero-order valence-electron chi connectivity index (χ0n) is 9.99. The molecule has 0 saturated carbocycles. The molecule has 5 heteroatoms. The van der Waals surface area contributed by atoms with E-state index in [0.29, 0.717) is 10.0 Å². The summed E-state index contributed by atoms with van der Waals surface area (Å²) in [5.74, 6) is -0.948. The van der Waals surface area contributed by atoms with Crippen molar-refractivity contribution in [2.45, 2.75) is 19.6 Å². The lowest BCUT2D eigenvalue weighted by molar-refractivity contribution is -0.156. The first-order valence-electron chi connectivity index (χ1n) is 5.37. The number of ether oxygens (including phenoxy) is 2. The molecule has 98 valence electrons. The molecule has 1 unspecified atom stereocenters. The van der Waals surface area contributed by atoms with Crippen LogP contribution >= 0.6 is 15.9 Å². The van der Waals surface area contributed by atoms with E-state index < -0.39 is 17.9 Å². The molecule has 1 atom stereocenters. The minimum Gasteiger partial charge on any atom is -0.459 e. The van der Waals surface area contributed by atoms with Crippen LogP contribution < -0.4 is 0 Å². The molecule has 0 radical (unpaired) electrons. The first-order valence-corrected chi connectivity index (χ1v) is 6.17. The van der Waals surface area contributed by atoms with E-state index in [9.17, 15) is 9.18 Å². The van der Waals surface area contributed by atoms with Crippen molar-refractivity contribution in [2.75, 3.05) is 6.61 Å². The minimum absolute atomic E-state index is 0.111. The van der Waals surface area contributed by atoms with Crippen LogP contribution in [0.15, 0.2) is 35.3 Å². The number of hydrogen-bond donors (Lipinski definition) is 0. The van der Waals surface area contributed by atoms with Crippen molar-refractivity contribution in [1.29, 1.82) is 0 Å². The van der Waals surface area contributed by atoms with Gasteiger partial charge in [-0.2, -0.15) is 0 Å². The summed E-state index contributed by atoms with van der Waals surface area (Å²) in [4.78, 5) is 11.5. The summed E-state index contributed by atoms with van der Waals surface area (Å²) in [6.45, 7) is 5.20. The number of rotatable bonds is 6. The van der Waals surface area contributed by atoms with E-state index in [-0.39, 0.29) is 13.2 Å². The summed E-state index contributed by atoms with van der Waals surface area (Å²) in [6.07, 6.45) is 0.847. The molecule has 1 aromatic rings. The van der Waals surface area contributed by atoms with Crippen molar-refractivity contribution in [3.63, 3.8) is 0 Å². The van der Waals surface area contributed by atoms with Crippen LogP contribution in [-0.4, -0.2) is 18.7 Å². The largest absolute Gasteiger partial charge is 0.459 e. The van der Waals surface area contributed by atoms with Crippen molar-refractivity contribution < 1.29 is 18.7 Å². The van der Waals surface area contributed by atoms with Crippen LogP contribution in [0.4, 0.5) is 4.39 Å². The molecule has 0 aliphatic carbocycles. The number of hydrogen-bond acceptors (Lipinski definition) is 3. The Kier molecular flexibility index (Phi) is 6.01. The third-order valence-electron chi connectivity index (χ3n) is 2.18. The molecule has 0 heterocycles.